The average Bonchev–Trinajstić information content (AvgIpc) is 3.09. The number of aromatic nitrogens is 4. The molecule has 3 aromatic rings. The van der Waals surface area contributed by atoms with Gasteiger partial charge in [0.05, 0.1) is 11.5 Å². The van der Waals surface area contributed by atoms with Gasteiger partial charge in [0, 0.05) is 17.7 Å². The number of fused-ring (bicyclic) bond motifs is 1. The van der Waals surface area contributed by atoms with Gasteiger partial charge in [-0.1, -0.05) is 24.2 Å². The number of nitro groups is 1. The van der Waals surface area contributed by atoms with Crippen LogP contribution in [0.15, 0.2) is 24.3 Å². The van der Waals surface area contributed by atoms with Crippen molar-refractivity contribution in [2.24, 2.45) is 0 Å². The molecule has 1 fully saturated rings. The zero-order chi connectivity index (χ0) is 17.2. The van der Waals surface area contributed by atoms with E-state index in [1.165, 1.54) is 49.2 Å². The Morgan fingerprint density at radius 3 is 2.48 bits per heavy atom. The Kier molecular flexibility index (Phi) is 4.41. The number of non-ortho nitro benzene ring substituents is 1. The molecule has 3 heterocycles. The predicted octanol–water partition coefficient (Wildman–Crippen LogP) is 3.14. The molecule has 1 aliphatic heterocycles. The highest BCUT2D eigenvalue weighted by molar-refractivity contribution is 7.19. The SMILES string of the molecule is O=[N+]([O-])c1ccc(-c2nn3c(CN4CCCCCC4)nnc3s2)cc1. The normalized spacial score (nSPS) is 16.2. The van der Waals surface area contributed by atoms with Crippen molar-refractivity contribution >= 4 is 22.0 Å². The predicted molar refractivity (Wildman–Crippen MR) is 94.5 cm³/mol. The van der Waals surface area contributed by atoms with Crippen molar-refractivity contribution in [3.8, 4) is 10.6 Å². The first kappa shape index (κ1) is 16.1. The molecule has 0 saturated carbocycles. The second-order valence-electron chi connectivity index (χ2n) is 6.21. The monoisotopic (exact) mass is 358 g/mol. The smallest absolute Gasteiger partial charge is 0.269 e. The lowest BCUT2D eigenvalue weighted by Gasteiger charge is -2.17. The Morgan fingerprint density at radius 1 is 1.08 bits per heavy atom. The van der Waals surface area contributed by atoms with E-state index in [2.05, 4.69) is 20.2 Å². The van der Waals surface area contributed by atoms with E-state index < -0.39 is 4.92 Å². The van der Waals surface area contributed by atoms with Gasteiger partial charge in [0.2, 0.25) is 4.96 Å². The lowest BCUT2D eigenvalue weighted by atomic mass is 10.2. The van der Waals surface area contributed by atoms with E-state index in [9.17, 15) is 10.1 Å². The fourth-order valence-corrected chi connectivity index (χ4v) is 3.96. The summed E-state index contributed by atoms with van der Waals surface area (Å²) in [5, 5.41) is 24.7. The van der Waals surface area contributed by atoms with Crippen LogP contribution in [0.2, 0.25) is 0 Å². The topological polar surface area (TPSA) is 89.5 Å². The quantitative estimate of drug-likeness (QED) is 0.526. The number of hydrogen-bond donors (Lipinski definition) is 0. The minimum atomic E-state index is -0.401. The number of rotatable bonds is 4. The van der Waals surface area contributed by atoms with Crippen LogP contribution in [0.1, 0.15) is 31.5 Å². The van der Waals surface area contributed by atoms with Crippen LogP contribution in [-0.2, 0) is 6.54 Å². The summed E-state index contributed by atoms with van der Waals surface area (Å²) in [5.74, 6) is 0.848. The number of nitrogens with zero attached hydrogens (tertiary/aromatic N) is 6. The summed E-state index contributed by atoms with van der Waals surface area (Å²) in [6.45, 7) is 2.94. The van der Waals surface area contributed by atoms with E-state index in [0.29, 0.717) is 0 Å². The van der Waals surface area contributed by atoms with Crippen molar-refractivity contribution in [1.82, 2.24) is 24.7 Å². The Morgan fingerprint density at radius 2 is 1.80 bits per heavy atom. The van der Waals surface area contributed by atoms with Crippen molar-refractivity contribution < 1.29 is 4.92 Å². The Labute approximate surface area is 148 Å². The number of likely N-dealkylation sites (tertiary alicyclic amines) is 1. The maximum atomic E-state index is 10.8. The molecular weight excluding hydrogens is 340 g/mol. The number of hydrogen-bond acceptors (Lipinski definition) is 7. The van der Waals surface area contributed by atoms with Crippen LogP contribution in [0.3, 0.4) is 0 Å². The van der Waals surface area contributed by atoms with Crippen LogP contribution >= 0.6 is 11.3 Å². The van der Waals surface area contributed by atoms with Gasteiger partial charge in [0.25, 0.3) is 5.69 Å². The first-order chi connectivity index (χ1) is 12.2. The molecule has 0 spiro atoms. The Balaban J connectivity index is 1.58. The van der Waals surface area contributed by atoms with Crippen LogP contribution in [0, 0.1) is 10.1 Å². The molecule has 0 N–H and O–H groups in total. The molecule has 1 aliphatic rings. The molecule has 0 radical (unpaired) electrons. The number of benzene rings is 1. The van der Waals surface area contributed by atoms with Gasteiger partial charge in [0.15, 0.2) is 5.82 Å². The molecule has 1 saturated heterocycles. The van der Waals surface area contributed by atoms with Crippen molar-refractivity contribution in [2.75, 3.05) is 13.1 Å². The van der Waals surface area contributed by atoms with E-state index in [-0.39, 0.29) is 5.69 Å². The Hall–Kier alpha value is -2.39. The molecule has 0 aliphatic carbocycles. The highest BCUT2D eigenvalue weighted by Gasteiger charge is 2.17. The van der Waals surface area contributed by atoms with Crippen LogP contribution in [0.5, 0.6) is 0 Å². The van der Waals surface area contributed by atoms with E-state index in [1.807, 2.05) is 0 Å². The fourth-order valence-electron chi connectivity index (χ4n) is 3.09. The van der Waals surface area contributed by atoms with Gasteiger partial charge >= 0.3 is 0 Å². The standard InChI is InChI=1S/C16H18N6O2S/c23-22(24)13-7-5-12(6-8-13)15-19-21-14(17-18-16(21)25-15)11-20-9-3-1-2-4-10-20/h5-8H,1-4,9-11H2. The summed E-state index contributed by atoms with van der Waals surface area (Å²) in [4.78, 5) is 13.5. The third-order valence-corrected chi connectivity index (χ3v) is 5.39. The molecule has 25 heavy (non-hydrogen) atoms. The average molecular weight is 358 g/mol. The first-order valence-corrected chi connectivity index (χ1v) is 9.21. The molecule has 2 aromatic heterocycles. The van der Waals surface area contributed by atoms with Crippen LogP contribution in [0.4, 0.5) is 5.69 Å². The van der Waals surface area contributed by atoms with Crippen molar-refractivity contribution in [2.45, 2.75) is 32.2 Å². The highest BCUT2D eigenvalue weighted by Crippen LogP contribution is 2.27. The summed E-state index contributed by atoms with van der Waals surface area (Å²) in [5.41, 5.74) is 0.926. The second kappa shape index (κ2) is 6.85. The zero-order valence-electron chi connectivity index (χ0n) is 13.7. The Bertz CT molecular complexity index is 880. The zero-order valence-corrected chi connectivity index (χ0v) is 14.5. The summed E-state index contributed by atoms with van der Waals surface area (Å²) in [6, 6.07) is 6.43. The molecule has 8 nitrogen and oxygen atoms in total. The van der Waals surface area contributed by atoms with Crippen molar-refractivity contribution in [1.29, 1.82) is 0 Å². The lowest BCUT2D eigenvalue weighted by Crippen LogP contribution is -2.25. The largest absolute Gasteiger partial charge is 0.296 e. The highest BCUT2D eigenvalue weighted by atomic mass is 32.1. The van der Waals surface area contributed by atoms with Crippen LogP contribution < -0.4 is 0 Å². The van der Waals surface area contributed by atoms with Crippen molar-refractivity contribution in [3.05, 3.63) is 40.2 Å². The van der Waals surface area contributed by atoms with Gasteiger partial charge in [-0.2, -0.15) is 9.61 Å². The molecule has 9 heteroatoms. The fraction of sp³-hybridized carbons (Fsp3) is 0.438. The van der Waals surface area contributed by atoms with Gasteiger partial charge < -0.3 is 0 Å². The molecule has 0 unspecified atom stereocenters. The van der Waals surface area contributed by atoms with E-state index in [0.717, 1.165) is 41.0 Å². The van der Waals surface area contributed by atoms with Crippen LogP contribution in [0.25, 0.3) is 15.5 Å². The minimum Gasteiger partial charge on any atom is -0.296 e. The molecule has 0 bridgehead atoms. The first-order valence-electron chi connectivity index (χ1n) is 8.39. The van der Waals surface area contributed by atoms with Gasteiger partial charge in [-0.05, 0) is 38.1 Å². The van der Waals surface area contributed by atoms with Crippen LogP contribution in [-0.4, -0.2) is 42.7 Å². The maximum Gasteiger partial charge on any atom is 0.269 e. The minimum absolute atomic E-state index is 0.0774. The van der Waals surface area contributed by atoms with Gasteiger partial charge in [0.1, 0.15) is 5.01 Å². The third-order valence-electron chi connectivity index (χ3n) is 4.44. The van der Waals surface area contributed by atoms with E-state index >= 15 is 0 Å². The maximum absolute atomic E-state index is 10.8. The summed E-state index contributed by atoms with van der Waals surface area (Å²) < 4.78 is 1.80. The van der Waals surface area contributed by atoms with E-state index in [1.54, 1.807) is 16.6 Å². The summed E-state index contributed by atoms with van der Waals surface area (Å²) >= 11 is 1.44. The second-order valence-corrected chi connectivity index (χ2v) is 7.17. The van der Waals surface area contributed by atoms with Gasteiger partial charge in [-0.25, -0.2) is 0 Å². The number of nitro benzene ring substituents is 1. The summed E-state index contributed by atoms with van der Waals surface area (Å²) in [6.07, 6.45) is 5.06. The third kappa shape index (κ3) is 3.38. The van der Waals surface area contributed by atoms with Gasteiger partial charge in [-0.3, -0.25) is 15.0 Å². The van der Waals surface area contributed by atoms with Crippen molar-refractivity contribution in [3.63, 3.8) is 0 Å². The molecular formula is C16H18N6O2S. The molecule has 0 atom stereocenters. The molecule has 130 valence electrons. The summed E-state index contributed by atoms with van der Waals surface area (Å²) in [7, 11) is 0. The van der Waals surface area contributed by atoms with Gasteiger partial charge in [-0.15, -0.1) is 10.2 Å². The molecule has 4 rings (SSSR count). The molecule has 1 aromatic carbocycles. The lowest BCUT2D eigenvalue weighted by molar-refractivity contribution is -0.384. The van der Waals surface area contributed by atoms with E-state index in [4.69, 9.17) is 0 Å². The molecule has 0 amide bonds.